The van der Waals surface area contributed by atoms with Crippen molar-refractivity contribution in [2.45, 2.75) is 55.9 Å². The molecule has 1 N–H and O–H groups in total. The number of hydrogen-bond donors (Lipinski definition) is 1. The van der Waals surface area contributed by atoms with Gasteiger partial charge in [-0.3, -0.25) is 0 Å². The number of halogens is 6. The molecule has 0 radical (unpaired) electrons. The highest BCUT2D eigenvalue weighted by atomic mass is 19.4. The Morgan fingerprint density at radius 2 is 1.59 bits per heavy atom. The Labute approximate surface area is 181 Å². The Hall–Kier alpha value is -2.57. The second-order valence-corrected chi connectivity index (χ2v) is 8.28. The van der Waals surface area contributed by atoms with Crippen LogP contribution in [0.5, 0.6) is 0 Å². The molecule has 2 heterocycles. The maximum atomic E-state index is 13.2. The van der Waals surface area contributed by atoms with Crippen molar-refractivity contribution >= 4 is 0 Å². The molecular formula is C23H20F6N2O. The lowest BCUT2D eigenvalue weighted by Gasteiger charge is -2.43. The number of nitrogens with zero attached hydrogens (tertiary/aromatic N) is 1. The molecule has 0 amide bonds. The summed E-state index contributed by atoms with van der Waals surface area (Å²) in [4.78, 5) is 0. The van der Waals surface area contributed by atoms with Crippen LogP contribution in [0.1, 0.15) is 41.5 Å². The molecule has 2 saturated heterocycles. The van der Waals surface area contributed by atoms with E-state index in [9.17, 15) is 31.6 Å². The number of alkyl halides is 6. The molecule has 2 bridgehead atoms. The normalized spacial score (nSPS) is 27.8. The van der Waals surface area contributed by atoms with Crippen LogP contribution in [0.2, 0.25) is 0 Å². The molecule has 2 aliphatic rings. The minimum Gasteiger partial charge on any atom is -0.371 e. The van der Waals surface area contributed by atoms with Crippen LogP contribution in [0.15, 0.2) is 48.5 Å². The lowest BCUT2D eigenvalue weighted by molar-refractivity contribution is -0.143. The van der Waals surface area contributed by atoms with Gasteiger partial charge in [-0.15, -0.1) is 0 Å². The standard InChI is InChI=1S/C23H20F6N2O/c24-22(25,26)16-8-14(9-17(10-16)23(27,28)29)13-32-20-7-6-19-11-18(12-30)21(20,31-19)15-4-2-1-3-5-15/h1-5,8-10,18-20,31H,6-7,11,13H2/t18-,19+,20-,21+/m1/s1. The molecule has 0 saturated carbocycles. The molecule has 2 aromatic rings. The first kappa shape index (κ1) is 22.6. The van der Waals surface area contributed by atoms with E-state index >= 15 is 0 Å². The summed E-state index contributed by atoms with van der Waals surface area (Å²) in [5.41, 5.74) is -3.02. The van der Waals surface area contributed by atoms with Crippen LogP contribution in [0.25, 0.3) is 0 Å². The number of benzene rings is 2. The fraction of sp³-hybridized carbons (Fsp3) is 0.435. The number of hydrogen-bond acceptors (Lipinski definition) is 3. The molecule has 170 valence electrons. The van der Waals surface area contributed by atoms with Crippen molar-refractivity contribution in [1.29, 1.82) is 5.26 Å². The summed E-state index contributed by atoms with van der Waals surface area (Å²) >= 11 is 0. The van der Waals surface area contributed by atoms with Gasteiger partial charge in [0.05, 0.1) is 41.4 Å². The van der Waals surface area contributed by atoms with E-state index in [0.717, 1.165) is 5.56 Å². The number of piperidine rings is 1. The highest BCUT2D eigenvalue weighted by Gasteiger charge is 2.56. The van der Waals surface area contributed by atoms with E-state index in [-0.39, 0.29) is 17.7 Å². The highest BCUT2D eigenvalue weighted by Crippen LogP contribution is 2.48. The predicted molar refractivity (Wildman–Crippen MR) is 103 cm³/mol. The first-order valence-corrected chi connectivity index (χ1v) is 10.2. The average Bonchev–Trinajstić information content (AvgIpc) is 3.05. The van der Waals surface area contributed by atoms with Crippen LogP contribution >= 0.6 is 0 Å². The molecule has 2 aromatic carbocycles. The first-order valence-electron chi connectivity index (χ1n) is 10.2. The van der Waals surface area contributed by atoms with Gasteiger partial charge >= 0.3 is 12.4 Å². The second kappa shape index (κ2) is 8.09. The molecule has 0 spiro atoms. The maximum Gasteiger partial charge on any atom is 0.416 e. The van der Waals surface area contributed by atoms with Crippen LogP contribution in [-0.4, -0.2) is 12.1 Å². The molecule has 9 heteroatoms. The quantitative estimate of drug-likeness (QED) is 0.594. The molecule has 4 atom stereocenters. The van der Waals surface area contributed by atoms with Crippen molar-refractivity contribution in [3.05, 3.63) is 70.8 Å². The minimum absolute atomic E-state index is 0.102. The lowest BCUT2D eigenvalue weighted by Crippen LogP contribution is -2.56. The van der Waals surface area contributed by atoms with Crippen molar-refractivity contribution in [3.8, 4) is 6.07 Å². The van der Waals surface area contributed by atoms with E-state index in [1.165, 1.54) is 0 Å². The topological polar surface area (TPSA) is 45.0 Å². The monoisotopic (exact) mass is 454 g/mol. The zero-order valence-electron chi connectivity index (χ0n) is 16.8. The Bertz CT molecular complexity index is 982. The Morgan fingerprint density at radius 1 is 0.969 bits per heavy atom. The SMILES string of the molecule is N#C[C@H]1C[C@@H]2CC[C@@H](OCc3cc(C(F)(F)F)cc(C(F)(F)F)c3)[C@@]1(c1ccccc1)N2. The second-order valence-electron chi connectivity index (χ2n) is 8.28. The van der Waals surface area contributed by atoms with Gasteiger partial charge in [0.1, 0.15) is 0 Å². The Kier molecular flexibility index (Phi) is 5.72. The van der Waals surface area contributed by atoms with E-state index < -0.39 is 47.6 Å². The number of ether oxygens (including phenoxy) is 1. The molecular weight excluding hydrogens is 434 g/mol. The van der Waals surface area contributed by atoms with Gasteiger partial charge in [-0.2, -0.15) is 31.6 Å². The average molecular weight is 454 g/mol. The summed E-state index contributed by atoms with van der Waals surface area (Å²) in [6.45, 7) is -0.434. The van der Waals surface area contributed by atoms with E-state index in [1.807, 2.05) is 30.3 Å². The van der Waals surface area contributed by atoms with E-state index in [1.54, 1.807) is 0 Å². The predicted octanol–water partition coefficient (Wildman–Crippen LogP) is 5.80. The van der Waals surface area contributed by atoms with E-state index in [0.29, 0.717) is 31.4 Å². The van der Waals surface area contributed by atoms with Crippen LogP contribution in [0.4, 0.5) is 26.3 Å². The summed E-state index contributed by atoms with van der Waals surface area (Å²) in [6, 6.07) is 13.1. The first-order chi connectivity index (χ1) is 15.0. The number of nitrogens with one attached hydrogen (secondary N) is 1. The van der Waals surface area contributed by atoms with Crippen LogP contribution in [0, 0.1) is 17.2 Å². The molecule has 0 aromatic heterocycles. The van der Waals surface area contributed by atoms with Crippen molar-refractivity contribution < 1.29 is 31.1 Å². The fourth-order valence-electron chi connectivity index (χ4n) is 4.91. The summed E-state index contributed by atoms with van der Waals surface area (Å²) < 4.78 is 85.0. The Balaban J connectivity index is 1.66. The van der Waals surface area contributed by atoms with Gasteiger partial charge < -0.3 is 10.1 Å². The van der Waals surface area contributed by atoms with Crippen molar-refractivity contribution in [2.24, 2.45) is 5.92 Å². The number of nitriles is 1. The van der Waals surface area contributed by atoms with Crippen LogP contribution in [-0.2, 0) is 29.2 Å². The summed E-state index contributed by atoms with van der Waals surface area (Å²) in [5.74, 6) is -0.436. The van der Waals surface area contributed by atoms with Crippen LogP contribution < -0.4 is 5.32 Å². The van der Waals surface area contributed by atoms with Gasteiger partial charge in [-0.1, -0.05) is 30.3 Å². The summed E-state index contributed by atoms with van der Waals surface area (Å²) in [7, 11) is 0. The summed E-state index contributed by atoms with van der Waals surface area (Å²) in [6.07, 6.45) is -8.58. The smallest absolute Gasteiger partial charge is 0.371 e. The number of rotatable bonds is 4. The largest absolute Gasteiger partial charge is 0.416 e. The fourth-order valence-corrected chi connectivity index (χ4v) is 4.91. The zero-order valence-corrected chi connectivity index (χ0v) is 16.8. The molecule has 3 nitrogen and oxygen atoms in total. The lowest BCUT2D eigenvalue weighted by atomic mass is 9.75. The van der Waals surface area contributed by atoms with Crippen molar-refractivity contribution in [3.63, 3.8) is 0 Å². The maximum absolute atomic E-state index is 13.2. The van der Waals surface area contributed by atoms with Crippen molar-refractivity contribution in [1.82, 2.24) is 5.32 Å². The van der Waals surface area contributed by atoms with Gasteiger partial charge in [0.25, 0.3) is 0 Å². The highest BCUT2D eigenvalue weighted by molar-refractivity contribution is 5.35. The molecule has 2 aliphatic heterocycles. The minimum atomic E-state index is -4.92. The third kappa shape index (κ3) is 4.09. The molecule has 32 heavy (non-hydrogen) atoms. The third-order valence-electron chi connectivity index (χ3n) is 6.30. The molecule has 0 unspecified atom stereocenters. The van der Waals surface area contributed by atoms with Crippen LogP contribution in [0.3, 0.4) is 0 Å². The Morgan fingerprint density at radius 3 is 2.16 bits per heavy atom. The van der Waals surface area contributed by atoms with E-state index in [2.05, 4.69) is 11.4 Å². The molecule has 0 aliphatic carbocycles. The molecule has 4 rings (SSSR count). The van der Waals surface area contributed by atoms with Gasteiger partial charge in [0.15, 0.2) is 0 Å². The van der Waals surface area contributed by atoms with Gasteiger partial charge in [0, 0.05) is 6.04 Å². The van der Waals surface area contributed by atoms with Crippen molar-refractivity contribution in [2.75, 3.05) is 0 Å². The zero-order chi connectivity index (χ0) is 23.1. The van der Waals surface area contributed by atoms with Gasteiger partial charge in [-0.25, -0.2) is 0 Å². The van der Waals surface area contributed by atoms with Gasteiger partial charge in [0.2, 0.25) is 0 Å². The number of fused-ring (bicyclic) bond motifs is 2. The molecule has 2 fully saturated rings. The van der Waals surface area contributed by atoms with Gasteiger partial charge in [-0.05, 0) is 48.6 Å². The summed E-state index contributed by atoms with van der Waals surface area (Å²) in [5, 5.41) is 13.3. The van der Waals surface area contributed by atoms with E-state index in [4.69, 9.17) is 4.74 Å². The third-order valence-corrected chi connectivity index (χ3v) is 6.30.